The van der Waals surface area contributed by atoms with Gasteiger partial charge in [-0.1, -0.05) is 6.07 Å². The van der Waals surface area contributed by atoms with Gasteiger partial charge in [0, 0.05) is 13.6 Å². The van der Waals surface area contributed by atoms with Gasteiger partial charge in [0.15, 0.2) is 0 Å². The van der Waals surface area contributed by atoms with E-state index in [4.69, 9.17) is 0 Å². The number of hydrogen-bond donors (Lipinski definition) is 1. The molecule has 0 aromatic heterocycles. The van der Waals surface area contributed by atoms with E-state index < -0.39 is 16.1 Å². The lowest BCUT2D eigenvalue weighted by atomic mass is 10.2. The van der Waals surface area contributed by atoms with Crippen molar-refractivity contribution < 1.29 is 13.5 Å². The minimum absolute atomic E-state index is 0.312. The molecule has 1 aromatic carbocycles. The minimum Gasteiger partial charge on any atom is -0.393 e. The molecule has 0 saturated heterocycles. The zero-order valence-electron chi connectivity index (χ0n) is 11.3. The Kier molecular flexibility index (Phi) is 4.90. The maximum Gasteiger partial charge on any atom is 0.242 e. The maximum atomic E-state index is 12.3. The van der Waals surface area contributed by atoms with E-state index in [-0.39, 0.29) is 0 Å². The van der Waals surface area contributed by atoms with Gasteiger partial charge in [-0.15, -0.1) is 0 Å². The predicted molar refractivity (Wildman–Crippen MR) is 72.0 cm³/mol. The molecule has 0 radical (unpaired) electrons. The standard InChI is InChI=1S/C13H21NO3S/c1-10-7-11(2)9-13(8-10)18(16,17)14(4)6-5-12(3)15/h7-9,12,15H,5-6H2,1-4H3. The number of rotatable bonds is 5. The fraction of sp³-hybridized carbons (Fsp3) is 0.538. The summed E-state index contributed by atoms with van der Waals surface area (Å²) < 4.78 is 25.9. The second-order valence-corrected chi connectivity index (χ2v) is 6.83. The molecule has 102 valence electrons. The van der Waals surface area contributed by atoms with Crippen molar-refractivity contribution in [1.29, 1.82) is 0 Å². The maximum absolute atomic E-state index is 12.3. The fourth-order valence-electron chi connectivity index (χ4n) is 1.75. The van der Waals surface area contributed by atoms with Crippen LogP contribution in [-0.2, 0) is 10.0 Å². The van der Waals surface area contributed by atoms with Gasteiger partial charge in [-0.2, -0.15) is 0 Å². The predicted octanol–water partition coefficient (Wildman–Crippen LogP) is 1.69. The van der Waals surface area contributed by atoms with Gasteiger partial charge in [0.25, 0.3) is 0 Å². The quantitative estimate of drug-likeness (QED) is 0.886. The average molecular weight is 271 g/mol. The zero-order chi connectivity index (χ0) is 13.9. The lowest BCUT2D eigenvalue weighted by Crippen LogP contribution is -2.29. The van der Waals surface area contributed by atoms with Crippen LogP contribution in [0.1, 0.15) is 24.5 Å². The topological polar surface area (TPSA) is 57.6 Å². The molecule has 0 aliphatic heterocycles. The SMILES string of the molecule is Cc1cc(C)cc(S(=O)(=O)N(C)CCC(C)O)c1. The van der Waals surface area contributed by atoms with E-state index in [1.54, 1.807) is 19.1 Å². The number of aliphatic hydroxyl groups excluding tert-OH is 1. The summed E-state index contributed by atoms with van der Waals surface area (Å²) in [5.74, 6) is 0. The number of aryl methyl sites for hydroxylation is 2. The second-order valence-electron chi connectivity index (χ2n) is 4.79. The molecule has 4 nitrogen and oxygen atoms in total. The molecule has 0 amide bonds. The van der Waals surface area contributed by atoms with Crippen molar-refractivity contribution in [2.24, 2.45) is 0 Å². The third-order valence-corrected chi connectivity index (χ3v) is 4.60. The van der Waals surface area contributed by atoms with Crippen molar-refractivity contribution in [2.45, 2.75) is 38.2 Å². The van der Waals surface area contributed by atoms with Crippen LogP contribution in [0.5, 0.6) is 0 Å². The first-order chi connectivity index (χ1) is 8.23. The van der Waals surface area contributed by atoms with E-state index in [2.05, 4.69) is 0 Å². The highest BCUT2D eigenvalue weighted by atomic mass is 32.2. The normalized spacial score (nSPS) is 13.9. The monoisotopic (exact) mass is 271 g/mol. The van der Waals surface area contributed by atoms with Gasteiger partial charge in [0.1, 0.15) is 0 Å². The molecule has 1 rings (SSSR count). The molecular weight excluding hydrogens is 250 g/mol. The van der Waals surface area contributed by atoms with Crippen LogP contribution in [0.15, 0.2) is 23.1 Å². The summed E-state index contributed by atoms with van der Waals surface area (Å²) in [5, 5.41) is 9.20. The van der Waals surface area contributed by atoms with Crippen LogP contribution in [0.4, 0.5) is 0 Å². The molecule has 18 heavy (non-hydrogen) atoms. The van der Waals surface area contributed by atoms with Gasteiger partial charge < -0.3 is 5.11 Å². The van der Waals surface area contributed by atoms with E-state index in [1.807, 2.05) is 19.9 Å². The molecule has 0 saturated carbocycles. The van der Waals surface area contributed by atoms with Crippen LogP contribution in [-0.4, -0.2) is 37.5 Å². The Bertz CT molecular complexity index is 489. The highest BCUT2D eigenvalue weighted by molar-refractivity contribution is 7.89. The lowest BCUT2D eigenvalue weighted by Gasteiger charge is -2.18. The highest BCUT2D eigenvalue weighted by Crippen LogP contribution is 2.18. The number of sulfonamides is 1. The number of hydrogen-bond acceptors (Lipinski definition) is 3. The smallest absolute Gasteiger partial charge is 0.242 e. The Balaban J connectivity index is 2.98. The number of benzene rings is 1. The van der Waals surface area contributed by atoms with Crippen molar-refractivity contribution in [3.63, 3.8) is 0 Å². The summed E-state index contributed by atoms with van der Waals surface area (Å²) in [5.41, 5.74) is 1.86. The van der Waals surface area contributed by atoms with E-state index in [0.717, 1.165) is 11.1 Å². The molecule has 0 heterocycles. The molecule has 0 bridgehead atoms. The zero-order valence-corrected chi connectivity index (χ0v) is 12.2. The van der Waals surface area contributed by atoms with Crippen molar-refractivity contribution in [3.05, 3.63) is 29.3 Å². The van der Waals surface area contributed by atoms with Crippen molar-refractivity contribution in [1.82, 2.24) is 4.31 Å². The first kappa shape index (κ1) is 15.1. The Morgan fingerprint density at radius 3 is 2.17 bits per heavy atom. The van der Waals surface area contributed by atoms with E-state index >= 15 is 0 Å². The van der Waals surface area contributed by atoms with Crippen LogP contribution in [0.25, 0.3) is 0 Å². The molecule has 0 aliphatic carbocycles. The summed E-state index contributed by atoms with van der Waals surface area (Å²) in [4.78, 5) is 0.313. The molecule has 0 spiro atoms. The Morgan fingerprint density at radius 2 is 1.72 bits per heavy atom. The highest BCUT2D eigenvalue weighted by Gasteiger charge is 2.21. The van der Waals surface area contributed by atoms with Gasteiger partial charge in [0.05, 0.1) is 11.0 Å². The first-order valence-corrected chi connectivity index (χ1v) is 7.40. The average Bonchev–Trinajstić information content (AvgIpc) is 2.24. The van der Waals surface area contributed by atoms with Crippen LogP contribution in [0, 0.1) is 13.8 Å². The van der Waals surface area contributed by atoms with Crippen LogP contribution in [0.3, 0.4) is 0 Å². The minimum atomic E-state index is -3.46. The van der Waals surface area contributed by atoms with E-state index in [0.29, 0.717) is 17.9 Å². The van der Waals surface area contributed by atoms with Crippen LogP contribution < -0.4 is 0 Å². The van der Waals surface area contributed by atoms with Crippen molar-refractivity contribution in [3.8, 4) is 0 Å². The molecule has 0 aliphatic rings. The van der Waals surface area contributed by atoms with Gasteiger partial charge in [-0.3, -0.25) is 0 Å². The molecule has 1 N–H and O–H groups in total. The number of aliphatic hydroxyl groups is 1. The molecular formula is C13H21NO3S. The summed E-state index contributed by atoms with van der Waals surface area (Å²) in [6, 6.07) is 5.28. The summed E-state index contributed by atoms with van der Waals surface area (Å²) >= 11 is 0. The van der Waals surface area contributed by atoms with Crippen molar-refractivity contribution >= 4 is 10.0 Å². The summed E-state index contributed by atoms with van der Waals surface area (Å²) in [7, 11) is -1.92. The summed E-state index contributed by atoms with van der Waals surface area (Å²) in [6.07, 6.45) is -0.0672. The Morgan fingerprint density at radius 1 is 1.22 bits per heavy atom. The summed E-state index contributed by atoms with van der Waals surface area (Å²) in [6.45, 7) is 5.72. The number of nitrogens with zero attached hydrogens (tertiary/aromatic N) is 1. The molecule has 5 heteroatoms. The molecule has 1 atom stereocenters. The molecule has 0 fully saturated rings. The third-order valence-electron chi connectivity index (χ3n) is 2.77. The third kappa shape index (κ3) is 3.80. The second kappa shape index (κ2) is 5.82. The van der Waals surface area contributed by atoms with Gasteiger partial charge in [-0.05, 0) is 50.5 Å². The Labute approximate surface area is 109 Å². The van der Waals surface area contributed by atoms with Gasteiger partial charge >= 0.3 is 0 Å². The van der Waals surface area contributed by atoms with Gasteiger partial charge in [0.2, 0.25) is 10.0 Å². The van der Waals surface area contributed by atoms with Crippen LogP contribution in [0.2, 0.25) is 0 Å². The van der Waals surface area contributed by atoms with Crippen LogP contribution >= 0.6 is 0 Å². The van der Waals surface area contributed by atoms with E-state index in [1.165, 1.54) is 11.4 Å². The van der Waals surface area contributed by atoms with Crippen molar-refractivity contribution in [2.75, 3.05) is 13.6 Å². The van der Waals surface area contributed by atoms with Gasteiger partial charge in [-0.25, -0.2) is 12.7 Å². The molecule has 1 unspecified atom stereocenters. The Hall–Kier alpha value is -0.910. The molecule has 1 aromatic rings. The first-order valence-electron chi connectivity index (χ1n) is 5.96. The lowest BCUT2D eigenvalue weighted by molar-refractivity contribution is 0.177. The largest absolute Gasteiger partial charge is 0.393 e. The fourth-order valence-corrected chi connectivity index (χ4v) is 3.13. The van der Waals surface area contributed by atoms with E-state index in [9.17, 15) is 13.5 Å².